The Balaban J connectivity index is 1.49. The Hall–Kier alpha value is -3.96. The van der Waals surface area contributed by atoms with E-state index in [0.29, 0.717) is 58.2 Å². The lowest BCUT2D eigenvalue weighted by atomic mass is 9.89. The molecule has 0 radical (unpaired) electrons. The van der Waals surface area contributed by atoms with E-state index >= 15 is 0 Å². The van der Waals surface area contributed by atoms with Crippen molar-refractivity contribution in [3.8, 4) is 11.1 Å². The highest BCUT2D eigenvalue weighted by Gasteiger charge is 2.30. The topological polar surface area (TPSA) is 59.5 Å². The zero-order chi connectivity index (χ0) is 29.5. The number of aromatic nitrogens is 1. The van der Waals surface area contributed by atoms with Crippen LogP contribution in [0.5, 0.6) is 0 Å². The molecule has 0 atom stereocenters. The first-order valence-corrected chi connectivity index (χ1v) is 15.1. The largest absolute Gasteiger partial charge is 0.462 e. The minimum atomic E-state index is -0.486. The quantitative estimate of drug-likeness (QED) is 0.196. The second kappa shape index (κ2) is 13.8. The standard InChI is InChI=1S/C36H37ClN2O3/c1-25-32(35(40)39-21-11-3-4-12-22-39)34(29-18-13-19-30(37)24-29)33(26(2)38-25)36(41)42-23-20-31(27-14-7-5-8-15-27)28-16-9-6-10-17-28/h5-10,13-19,24,31H,3-4,11-12,20-23H2,1-2H3. The van der Waals surface area contributed by atoms with Gasteiger partial charge in [0.05, 0.1) is 29.1 Å². The van der Waals surface area contributed by atoms with E-state index in [1.165, 1.54) is 0 Å². The summed E-state index contributed by atoms with van der Waals surface area (Å²) in [4.78, 5) is 34.6. The number of benzene rings is 3. The van der Waals surface area contributed by atoms with Gasteiger partial charge < -0.3 is 9.64 Å². The third-order valence-corrected chi connectivity index (χ3v) is 8.26. The van der Waals surface area contributed by atoms with Gasteiger partial charge in [-0.3, -0.25) is 9.78 Å². The number of rotatable bonds is 8. The summed E-state index contributed by atoms with van der Waals surface area (Å²) in [7, 11) is 0. The van der Waals surface area contributed by atoms with Crippen molar-refractivity contribution in [2.24, 2.45) is 0 Å². The molecule has 1 aliphatic heterocycles. The summed E-state index contributed by atoms with van der Waals surface area (Å²) in [6, 6.07) is 27.8. The third kappa shape index (κ3) is 6.74. The molecule has 0 aliphatic carbocycles. The Labute approximate surface area is 253 Å². The number of esters is 1. The van der Waals surface area contributed by atoms with Crippen LogP contribution in [-0.4, -0.2) is 41.5 Å². The molecule has 2 heterocycles. The molecule has 6 heteroatoms. The number of halogens is 1. The fourth-order valence-corrected chi connectivity index (χ4v) is 6.15. The number of carbonyl (C=O) groups is 2. The summed E-state index contributed by atoms with van der Waals surface area (Å²) in [5.41, 5.74) is 5.47. The fraction of sp³-hybridized carbons (Fsp3) is 0.306. The minimum Gasteiger partial charge on any atom is -0.462 e. The average Bonchev–Trinajstić information content (AvgIpc) is 3.29. The van der Waals surface area contributed by atoms with E-state index in [0.717, 1.165) is 36.8 Å². The lowest BCUT2D eigenvalue weighted by Crippen LogP contribution is -2.33. The minimum absolute atomic E-state index is 0.0741. The average molecular weight is 581 g/mol. The predicted octanol–water partition coefficient (Wildman–Crippen LogP) is 8.41. The monoisotopic (exact) mass is 580 g/mol. The third-order valence-electron chi connectivity index (χ3n) is 8.03. The SMILES string of the molecule is Cc1nc(C)c(C(=O)N2CCCCCC2)c(-c2cccc(Cl)c2)c1C(=O)OCCC(c1ccccc1)c1ccccc1. The van der Waals surface area contributed by atoms with Gasteiger partial charge in [-0.1, -0.05) is 97.2 Å². The van der Waals surface area contributed by atoms with E-state index in [-0.39, 0.29) is 18.4 Å². The van der Waals surface area contributed by atoms with E-state index in [2.05, 4.69) is 24.3 Å². The van der Waals surface area contributed by atoms with Gasteiger partial charge in [0.15, 0.2) is 0 Å². The van der Waals surface area contributed by atoms with Crippen LogP contribution in [0.3, 0.4) is 0 Å². The Morgan fingerprint density at radius 3 is 2.00 bits per heavy atom. The number of amides is 1. The molecule has 1 saturated heterocycles. The molecule has 3 aromatic carbocycles. The lowest BCUT2D eigenvalue weighted by molar-refractivity contribution is 0.0495. The van der Waals surface area contributed by atoms with Crippen LogP contribution in [0.2, 0.25) is 5.02 Å². The zero-order valence-corrected chi connectivity index (χ0v) is 25.1. The Morgan fingerprint density at radius 2 is 1.40 bits per heavy atom. The highest BCUT2D eigenvalue weighted by Crippen LogP contribution is 2.35. The molecule has 4 aromatic rings. The van der Waals surface area contributed by atoms with E-state index in [1.54, 1.807) is 19.1 Å². The molecule has 5 rings (SSSR count). The normalized spacial score (nSPS) is 13.6. The summed E-state index contributed by atoms with van der Waals surface area (Å²) < 4.78 is 5.98. The van der Waals surface area contributed by atoms with Gasteiger partial charge in [-0.15, -0.1) is 0 Å². The first-order valence-electron chi connectivity index (χ1n) is 14.8. The van der Waals surface area contributed by atoms with Crippen LogP contribution in [0.1, 0.15) is 81.3 Å². The fourth-order valence-electron chi connectivity index (χ4n) is 5.96. The summed E-state index contributed by atoms with van der Waals surface area (Å²) >= 11 is 6.42. The van der Waals surface area contributed by atoms with E-state index in [9.17, 15) is 9.59 Å². The molecule has 0 N–H and O–H groups in total. The van der Waals surface area contributed by atoms with Crippen molar-refractivity contribution in [2.45, 2.75) is 51.9 Å². The molecule has 0 spiro atoms. The van der Waals surface area contributed by atoms with Crippen LogP contribution >= 0.6 is 11.6 Å². The highest BCUT2D eigenvalue weighted by atomic mass is 35.5. The predicted molar refractivity (Wildman–Crippen MR) is 168 cm³/mol. The van der Waals surface area contributed by atoms with Gasteiger partial charge in [-0.2, -0.15) is 0 Å². The molecule has 0 unspecified atom stereocenters. The van der Waals surface area contributed by atoms with Crippen molar-refractivity contribution in [2.75, 3.05) is 19.7 Å². The van der Waals surface area contributed by atoms with Crippen LogP contribution in [-0.2, 0) is 4.74 Å². The molecule has 1 aromatic heterocycles. The van der Waals surface area contributed by atoms with Gasteiger partial charge in [0, 0.05) is 29.6 Å². The van der Waals surface area contributed by atoms with Gasteiger partial charge in [0.1, 0.15) is 0 Å². The maximum atomic E-state index is 14.1. The van der Waals surface area contributed by atoms with Gasteiger partial charge in [-0.25, -0.2) is 4.79 Å². The van der Waals surface area contributed by atoms with Gasteiger partial charge in [0.2, 0.25) is 0 Å². The van der Waals surface area contributed by atoms with E-state index < -0.39 is 5.97 Å². The van der Waals surface area contributed by atoms with Crippen LogP contribution in [0.15, 0.2) is 84.9 Å². The summed E-state index contributed by atoms with van der Waals surface area (Å²) in [5, 5.41) is 0.528. The first-order chi connectivity index (χ1) is 20.4. The number of hydrogen-bond donors (Lipinski definition) is 0. The molecule has 1 fully saturated rings. The number of hydrogen-bond acceptors (Lipinski definition) is 4. The summed E-state index contributed by atoms with van der Waals surface area (Å²) in [5.74, 6) is -0.510. The number of pyridine rings is 1. The van der Waals surface area contributed by atoms with Crippen molar-refractivity contribution < 1.29 is 14.3 Å². The molecular weight excluding hydrogens is 544 g/mol. The number of aryl methyl sites for hydroxylation is 2. The molecule has 216 valence electrons. The number of carbonyl (C=O) groups excluding carboxylic acids is 2. The van der Waals surface area contributed by atoms with Gasteiger partial charge in [0.25, 0.3) is 5.91 Å². The molecule has 1 amide bonds. The van der Waals surface area contributed by atoms with Crippen molar-refractivity contribution in [3.63, 3.8) is 0 Å². The van der Waals surface area contributed by atoms with Crippen molar-refractivity contribution in [3.05, 3.63) is 124 Å². The first kappa shape index (κ1) is 29.5. The highest BCUT2D eigenvalue weighted by molar-refractivity contribution is 6.31. The van der Waals surface area contributed by atoms with Crippen molar-refractivity contribution in [1.29, 1.82) is 0 Å². The Kier molecular flexibility index (Phi) is 9.70. The van der Waals surface area contributed by atoms with Crippen LogP contribution < -0.4 is 0 Å². The molecule has 0 saturated carbocycles. The second-order valence-corrected chi connectivity index (χ2v) is 11.4. The smallest absolute Gasteiger partial charge is 0.340 e. The van der Waals surface area contributed by atoms with Crippen molar-refractivity contribution >= 4 is 23.5 Å². The maximum Gasteiger partial charge on any atom is 0.340 e. The second-order valence-electron chi connectivity index (χ2n) is 10.9. The molecule has 5 nitrogen and oxygen atoms in total. The zero-order valence-electron chi connectivity index (χ0n) is 24.3. The molecule has 42 heavy (non-hydrogen) atoms. The summed E-state index contributed by atoms with van der Waals surface area (Å²) in [6.07, 6.45) is 4.77. The number of ether oxygens (including phenoxy) is 1. The van der Waals surface area contributed by atoms with E-state index in [1.807, 2.05) is 60.4 Å². The molecular formula is C36H37ClN2O3. The van der Waals surface area contributed by atoms with Crippen molar-refractivity contribution in [1.82, 2.24) is 9.88 Å². The van der Waals surface area contributed by atoms with Crippen LogP contribution in [0, 0.1) is 13.8 Å². The van der Waals surface area contributed by atoms with Crippen LogP contribution in [0.4, 0.5) is 0 Å². The van der Waals surface area contributed by atoms with Crippen LogP contribution in [0.25, 0.3) is 11.1 Å². The number of likely N-dealkylation sites (tertiary alicyclic amines) is 1. The van der Waals surface area contributed by atoms with Gasteiger partial charge >= 0.3 is 5.97 Å². The Bertz CT molecular complexity index is 1490. The maximum absolute atomic E-state index is 14.1. The Morgan fingerprint density at radius 1 is 0.810 bits per heavy atom. The van der Waals surface area contributed by atoms with Gasteiger partial charge in [-0.05, 0) is 61.9 Å². The summed E-state index contributed by atoms with van der Waals surface area (Å²) in [6.45, 7) is 5.24. The number of nitrogens with zero attached hydrogens (tertiary/aromatic N) is 2. The molecule has 1 aliphatic rings. The van der Waals surface area contributed by atoms with E-state index in [4.69, 9.17) is 21.3 Å². The lowest BCUT2D eigenvalue weighted by Gasteiger charge is -2.25. The molecule has 0 bridgehead atoms.